The van der Waals surface area contributed by atoms with E-state index in [-0.39, 0.29) is 29.6 Å². The summed E-state index contributed by atoms with van der Waals surface area (Å²) in [6, 6.07) is 7.32. The molecule has 0 spiro atoms. The average molecular weight is 537 g/mol. The number of aromatic amines is 1. The zero-order valence-corrected chi connectivity index (χ0v) is 19.0. The summed E-state index contributed by atoms with van der Waals surface area (Å²) in [5.74, 6) is -0.910. The highest BCUT2D eigenvalue weighted by molar-refractivity contribution is 9.10. The summed E-state index contributed by atoms with van der Waals surface area (Å²) < 4.78 is 12.0. The topological polar surface area (TPSA) is 133 Å². The number of nitriles is 1. The summed E-state index contributed by atoms with van der Waals surface area (Å²) in [5.41, 5.74) is 2.10. The third-order valence-corrected chi connectivity index (χ3v) is 5.62. The molecule has 9 nitrogen and oxygen atoms in total. The highest BCUT2D eigenvalue weighted by Crippen LogP contribution is 2.37. The molecule has 2 N–H and O–H groups in total. The Morgan fingerprint density at radius 2 is 2.17 bits per heavy atom. The molecule has 0 aliphatic heterocycles. The summed E-state index contributed by atoms with van der Waals surface area (Å²) in [6.07, 6.45) is 0. The molecule has 0 bridgehead atoms. The summed E-state index contributed by atoms with van der Waals surface area (Å²) >= 11 is 6.73. The molecule has 0 saturated heterocycles. The number of hydrogen-bond donors (Lipinski definition) is 2. The minimum absolute atomic E-state index is 0.00710. The number of azo groups is 1. The van der Waals surface area contributed by atoms with Crippen LogP contribution in [-0.4, -0.2) is 34.7 Å². The van der Waals surface area contributed by atoms with E-state index in [9.17, 15) is 15.2 Å². The Morgan fingerprint density at radius 1 is 1.40 bits per heavy atom. The van der Waals surface area contributed by atoms with Crippen molar-refractivity contribution >= 4 is 54.4 Å². The third-order valence-electron chi connectivity index (χ3n) is 4.08. The summed E-state index contributed by atoms with van der Waals surface area (Å²) in [6.45, 7) is 1.43. The van der Waals surface area contributed by atoms with Gasteiger partial charge >= 0.3 is 5.91 Å². The Morgan fingerprint density at radius 3 is 2.87 bits per heavy atom. The fraction of sp³-hybridized carbons (Fsp3) is 0.211. The second kappa shape index (κ2) is 9.34. The van der Waals surface area contributed by atoms with Gasteiger partial charge in [0.1, 0.15) is 11.6 Å². The van der Waals surface area contributed by atoms with Crippen LogP contribution in [0.5, 0.6) is 11.8 Å². The Hall–Kier alpha value is -2.81. The number of fused-ring (bicyclic) bond motifs is 1. The highest BCUT2D eigenvalue weighted by Gasteiger charge is 2.19. The standard InChI is InChI=1S/C19H15Br2N5O4/c1-9-16(21)13(7-29-2)12(6-22)19(23-9)30-8-15(27)25-26-17-11-5-10(20)3-4-14(11)24-18(17)28/h3-5,24,28H,7-8H2,1-2H3. The second-order valence-corrected chi connectivity index (χ2v) is 7.82. The van der Waals surface area contributed by atoms with Crippen LogP contribution in [0.2, 0.25) is 0 Å². The van der Waals surface area contributed by atoms with Gasteiger partial charge in [-0.15, -0.1) is 10.2 Å². The summed E-state index contributed by atoms with van der Waals surface area (Å²) in [5, 5.41) is 27.5. The largest absolute Gasteiger partial charge is 0.493 e. The van der Waals surface area contributed by atoms with E-state index in [0.29, 0.717) is 26.6 Å². The number of ether oxygens (including phenoxy) is 2. The lowest BCUT2D eigenvalue weighted by atomic mass is 10.1. The van der Waals surface area contributed by atoms with Crippen molar-refractivity contribution in [1.82, 2.24) is 9.97 Å². The van der Waals surface area contributed by atoms with Crippen LogP contribution in [0.25, 0.3) is 10.9 Å². The van der Waals surface area contributed by atoms with Crippen LogP contribution in [0.15, 0.2) is 37.4 Å². The van der Waals surface area contributed by atoms with Gasteiger partial charge in [-0.05, 0) is 41.1 Å². The number of aromatic hydroxyl groups is 1. The number of amides is 1. The highest BCUT2D eigenvalue weighted by atomic mass is 79.9. The molecule has 3 rings (SSSR count). The minimum Gasteiger partial charge on any atom is -0.493 e. The van der Waals surface area contributed by atoms with Crippen molar-refractivity contribution in [2.45, 2.75) is 13.5 Å². The number of carbonyl (C=O) groups excluding carboxylic acids is 1. The average Bonchev–Trinajstić information content (AvgIpc) is 3.02. The molecule has 2 heterocycles. The number of nitrogens with one attached hydrogen (secondary N) is 1. The van der Waals surface area contributed by atoms with Gasteiger partial charge in [-0.3, -0.25) is 4.79 Å². The molecule has 30 heavy (non-hydrogen) atoms. The zero-order chi connectivity index (χ0) is 21.8. The fourth-order valence-electron chi connectivity index (χ4n) is 2.72. The van der Waals surface area contributed by atoms with Crippen molar-refractivity contribution in [2.75, 3.05) is 13.7 Å². The number of H-pyrrole nitrogens is 1. The van der Waals surface area contributed by atoms with E-state index in [0.717, 1.165) is 4.47 Å². The number of carbonyl (C=O) groups is 1. The molecule has 0 atom stereocenters. The second-order valence-electron chi connectivity index (χ2n) is 6.11. The number of methoxy groups -OCH3 is 1. The smallest absolute Gasteiger partial charge is 0.302 e. The van der Waals surface area contributed by atoms with Crippen molar-refractivity contribution in [3.63, 3.8) is 0 Å². The van der Waals surface area contributed by atoms with Crippen LogP contribution < -0.4 is 4.74 Å². The maximum Gasteiger partial charge on any atom is 0.302 e. The monoisotopic (exact) mass is 535 g/mol. The van der Waals surface area contributed by atoms with Crippen molar-refractivity contribution in [3.05, 3.63) is 44.0 Å². The number of rotatable bonds is 6. The Kier molecular flexibility index (Phi) is 6.81. The molecule has 0 unspecified atom stereocenters. The van der Waals surface area contributed by atoms with E-state index >= 15 is 0 Å². The fourth-order valence-corrected chi connectivity index (χ4v) is 3.48. The van der Waals surface area contributed by atoms with E-state index in [2.05, 4.69) is 52.1 Å². The van der Waals surface area contributed by atoms with Gasteiger partial charge in [0, 0.05) is 27.0 Å². The molecule has 0 fully saturated rings. The van der Waals surface area contributed by atoms with Crippen LogP contribution in [0, 0.1) is 18.3 Å². The predicted molar refractivity (Wildman–Crippen MR) is 115 cm³/mol. The van der Waals surface area contributed by atoms with Gasteiger partial charge in [0.2, 0.25) is 11.8 Å². The Bertz CT molecular complexity index is 1200. The van der Waals surface area contributed by atoms with E-state index in [1.165, 1.54) is 7.11 Å². The molecule has 11 heteroatoms. The number of hydrogen-bond acceptors (Lipinski definition) is 7. The molecule has 154 valence electrons. The van der Waals surface area contributed by atoms with Crippen LogP contribution in [0.4, 0.5) is 5.69 Å². The van der Waals surface area contributed by atoms with Gasteiger partial charge in [0.05, 0.1) is 17.8 Å². The number of aryl methyl sites for hydroxylation is 1. The first-order valence-electron chi connectivity index (χ1n) is 8.51. The number of pyridine rings is 1. The minimum atomic E-state index is -0.710. The first-order chi connectivity index (χ1) is 14.3. The molecule has 0 aliphatic carbocycles. The van der Waals surface area contributed by atoms with E-state index in [4.69, 9.17) is 9.47 Å². The van der Waals surface area contributed by atoms with Gasteiger partial charge in [0.15, 0.2) is 12.3 Å². The lowest BCUT2D eigenvalue weighted by Crippen LogP contribution is -2.12. The van der Waals surface area contributed by atoms with Gasteiger partial charge in [0.25, 0.3) is 0 Å². The van der Waals surface area contributed by atoms with Gasteiger partial charge < -0.3 is 19.6 Å². The van der Waals surface area contributed by atoms with Crippen molar-refractivity contribution in [3.8, 4) is 17.8 Å². The summed E-state index contributed by atoms with van der Waals surface area (Å²) in [4.78, 5) is 19.1. The molecular formula is C19H15Br2N5O4. The SMILES string of the molecule is COCc1c(Br)c(C)nc(OCC(=O)N=Nc2c(O)[nH]c3ccc(Br)cc23)c1C#N. The lowest BCUT2D eigenvalue weighted by Gasteiger charge is -2.12. The van der Waals surface area contributed by atoms with Crippen LogP contribution in [0.3, 0.4) is 0 Å². The third kappa shape index (κ3) is 4.51. The molecule has 0 radical (unpaired) electrons. The van der Waals surface area contributed by atoms with E-state index < -0.39 is 12.5 Å². The Balaban J connectivity index is 1.80. The van der Waals surface area contributed by atoms with Gasteiger partial charge in [-0.25, -0.2) is 4.98 Å². The quantitative estimate of drug-likeness (QED) is 0.434. The molecule has 1 aromatic carbocycles. The molecule has 0 saturated carbocycles. The number of aromatic nitrogens is 2. The summed E-state index contributed by atoms with van der Waals surface area (Å²) in [7, 11) is 1.51. The first-order valence-corrected chi connectivity index (χ1v) is 10.1. The van der Waals surface area contributed by atoms with Gasteiger partial charge in [-0.2, -0.15) is 5.26 Å². The zero-order valence-electron chi connectivity index (χ0n) is 15.9. The van der Waals surface area contributed by atoms with Crippen molar-refractivity contribution in [2.24, 2.45) is 10.2 Å². The number of benzene rings is 1. The van der Waals surface area contributed by atoms with Gasteiger partial charge in [-0.1, -0.05) is 15.9 Å². The molecule has 0 aliphatic rings. The molecular weight excluding hydrogens is 522 g/mol. The lowest BCUT2D eigenvalue weighted by molar-refractivity contribution is -0.120. The molecule has 3 aromatic rings. The van der Waals surface area contributed by atoms with E-state index in [1.807, 2.05) is 6.07 Å². The molecule has 1 amide bonds. The number of halogens is 2. The van der Waals surface area contributed by atoms with Crippen LogP contribution in [0.1, 0.15) is 16.8 Å². The predicted octanol–water partition coefficient (Wildman–Crippen LogP) is 4.81. The maximum absolute atomic E-state index is 12.2. The number of nitrogens with zero attached hydrogens (tertiary/aromatic N) is 4. The van der Waals surface area contributed by atoms with Crippen molar-refractivity contribution < 1.29 is 19.4 Å². The first kappa shape index (κ1) is 21.9. The van der Waals surface area contributed by atoms with E-state index in [1.54, 1.807) is 25.1 Å². The molecule has 2 aromatic heterocycles. The van der Waals surface area contributed by atoms with Crippen LogP contribution in [-0.2, 0) is 16.1 Å². The van der Waals surface area contributed by atoms with Crippen molar-refractivity contribution in [1.29, 1.82) is 5.26 Å². The maximum atomic E-state index is 12.2. The normalized spacial score (nSPS) is 11.2. The van der Waals surface area contributed by atoms with Crippen LogP contribution >= 0.6 is 31.9 Å². The Labute approximate surface area is 188 Å².